The molecule has 2 amide bonds. The Morgan fingerprint density at radius 1 is 1.17 bits per heavy atom. The van der Waals surface area contributed by atoms with E-state index in [1.54, 1.807) is 0 Å². The van der Waals surface area contributed by atoms with Gasteiger partial charge < -0.3 is 25.4 Å². The average Bonchev–Trinajstić information content (AvgIpc) is 2.86. The molecule has 2 aliphatic heterocycles. The van der Waals surface area contributed by atoms with Crippen LogP contribution < -0.4 is 10.6 Å². The second-order valence-corrected chi connectivity index (χ2v) is 10.0. The van der Waals surface area contributed by atoms with Crippen LogP contribution >= 0.6 is 0 Å². The normalized spacial score (nSPS) is 17.6. The molecule has 1 fully saturated rings. The van der Waals surface area contributed by atoms with Crippen LogP contribution in [-0.2, 0) is 27.2 Å². The van der Waals surface area contributed by atoms with Crippen LogP contribution in [0.2, 0.25) is 0 Å². The summed E-state index contributed by atoms with van der Waals surface area (Å²) in [6.07, 6.45) is 8.73. The minimum absolute atomic E-state index is 0.204. The first-order valence-corrected chi connectivity index (χ1v) is 12.9. The molecule has 3 N–H and O–H groups in total. The summed E-state index contributed by atoms with van der Waals surface area (Å²) in [4.78, 5) is 42.4. The number of piperidine rings is 1. The van der Waals surface area contributed by atoms with E-state index in [9.17, 15) is 14.4 Å². The molecular weight excluding hydrogens is 448 g/mol. The number of unbranched alkanes of at least 4 members (excludes halogenated alkanes) is 4. The van der Waals surface area contributed by atoms with Crippen molar-refractivity contribution in [2.24, 2.45) is 5.41 Å². The summed E-state index contributed by atoms with van der Waals surface area (Å²) < 4.78 is 4.91. The van der Waals surface area contributed by atoms with Crippen molar-refractivity contribution in [1.82, 2.24) is 15.2 Å². The second kappa shape index (κ2) is 12.7. The number of nitrogens with one attached hydrogen (secondary N) is 2. The summed E-state index contributed by atoms with van der Waals surface area (Å²) in [5.74, 6) is 0.410. The van der Waals surface area contributed by atoms with Crippen LogP contribution in [-0.4, -0.2) is 65.7 Å². The lowest BCUT2D eigenvalue weighted by atomic mass is 9.79. The van der Waals surface area contributed by atoms with Crippen molar-refractivity contribution >= 4 is 23.8 Å². The number of anilines is 1. The molecule has 2 aliphatic rings. The first kappa shape index (κ1) is 26.8. The molecule has 0 aromatic carbocycles. The number of carbonyl (C=O) groups excluding carboxylic acids is 2. The number of likely N-dealkylation sites (tertiary alicyclic amines) is 1. The number of amides is 2. The van der Waals surface area contributed by atoms with Gasteiger partial charge >= 0.3 is 12.1 Å². The highest BCUT2D eigenvalue weighted by molar-refractivity contribution is 5.88. The molecule has 35 heavy (non-hydrogen) atoms. The van der Waals surface area contributed by atoms with Crippen LogP contribution in [0.15, 0.2) is 12.1 Å². The fourth-order valence-electron chi connectivity index (χ4n) is 4.84. The fourth-order valence-corrected chi connectivity index (χ4v) is 4.84. The average molecular weight is 489 g/mol. The summed E-state index contributed by atoms with van der Waals surface area (Å²) in [5, 5.41) is 15.4. The van der Waals surface area contributed by atoms with Crippen LogP contribution in [0.5, 0.6) is 0 Å². The molecule has 0 radical (unpaired) electrons. The summed E-state index contributed by atoms with van der Waals surface area (Å²) in [6, 6.07) is 3.66. The van der Waals surface area contributed by atoms with E-state index in [1.807, 2.05) is 6.92 Å². The summed E-state index contributed by atoms with van der Waals surface area (Å²) in [6.45, 7) is 3.47. The van der Waals surface area contributed by atoms with Gasteiger partial charge in [-0.25, -0.2) is 14.6 Å². The summed E-state index contributed by atoms with van der Waals surface area (Å²) in [5.41, 5.74) is 1.76. The Balaban J connectivity index is 1.36. The monoisotopic (exact) mass is 488 g/mol. The number of aromatic nitrogens is 1. The van der Waals surface area contributed by atoms with Crippen molar-refractivity contribution in [2.75, 3.05) is 32.1 Å². The van der Waals surface area contributed by atoms with Crippen molar-refractivity contribution < 1.29 is 24.2 Å². The van der Waals surface area contributed by atoms with Crippen LogP contribution in [0, 0.1) is 5.41 Å². The number of ether oxygens (including phenoxy) is 1. The number of rotatable bonds is 11. The molecule has 0 spiro atoms. The zero-order valence-electron chi connectivity index (χ0n) is 21.1. The fraction of sp³-hybridized carbons (Fsp3) is 0.692. The highest BCUT2D eigenvalue weighted by Crippen LogP contribution is 2.31. The summed E-state index contributed by atoms with van der Waals surface area (Å²) in [7, 11) is 1.33. The van der Waals surface area contributed by atoms with Crippen molar-refractivity contribution in [3.63, 3.8) is 0 Å². The standard InChI is InChI=1S/C26H40N4O5/c1-26(14-17-30(18-15-26)25(33)34)24(32)29-21(23(31)35-2)11-7-5-3-4-6-10-20-13-12-19-9-8-16-27-22(19)28-20/h12-13,21H,3-11,14-18H2,1-2H3,(H,27,28)(H,29,32)(H,33,34). The van der Waals surface area contributed by atoms with Gasteiger partial charge in [0.25, 0.3) is 0 Å². The van der Waals surface area contributed by atoms with Gasteiger partial charge in [-0.3, -0.25) is 4.79 Å². The third kappa shape index (κ3) is 7.57. The maximum absolute atomic E-state index is 12.9. The Bertz CT molecular complexity index is 882. The van der Waals surface area contributed by atoms with Crippen LogP contribution in [0.1, 0.15) is 76.0 Å². The molecule has 194 valence electrons. The van der Waals surface area contributed by atoms with E-state index in [1.165, 1.54) is 24.0 Å². The third-order valence-corrected chi connectivity index (χ3v) is 7.35. The number of pyridine rings is 1. The lowest BCUT2D eigenvalue weighted by molar-refractivity contribution is -0.147. The number of esters is 1. The van der Waals surface area contributed by atoms with Crippen molar-refractivity contribution in [1.29, 1.82) is 0 Å². The molecule has 1 unspecified atom stereocenters. The molecule has 3 heterocycles. The Hall–Kier alpha value is -2.84. The van der Waals surface area contributed by atoms with Gasteiger partial charge in [0.2, 0.25) is 5.91 Å². The Morgan fingerprint density at radius 2 is 1.89 bits per heavy atom. The number of fused-ring (bicyclic) bond motifs is 1. The molecule has 0 bridgehead atoms. The zero-order chi connectivity index (χ0) is 25.3. The first-order chi connectivity index (χ1) is 16.8. The van der Waals surface area contributed by atoms with Gasteiger partial charge in [-0.2, -0.15) is 0 Å². The predicted octanol–water partition coefficient (Wildman–Crippen LogP) is 3.76. The third-order valence-electron chi connectivity index (χ3n) is 7.35. The minimum atomic E-state index is -0.962. The van der Waals surface area contributed by atoms with Gasteiger partial charge in [-0.1, -0.05) is 38.7 Å². The number of carboxylic acid groups (broad SMARTS) is 1. The van der Waals surface area contributed by atoms with Gasteiger partial charge in [0.15, 0.2) is 0 Å². The van der Waals surface area contributed by atoms with Gasteiger partial charge in [0, 0.05) is 30.7 Å². The smallest absolute Gasteiger partial charge is 0.407 e. The SMILES string of the molecule is COC(=O)C(CCCCCCCc1ccc2c(n1)NCCC2)NC(=O)C1(C)CCN(C(=O)O)CC1. The maximum Gasteiger partial charge on any atom is 0.407 e. The first-order valence-electron chi connectivity index (χ1n) is 12.9. The van der Waals surface area contributed by atoms with E-state index in [2.05, 4.69) is 22.8 Å². The molecule has 0 aliphatic carbocycles. The van der Waals surface area contributed by atoms with E-state index >= 15 is 0 Å². The van der Waals surface area contributed by atoms with Crippen LogP contribution in [0.3, 0.4) is 0 Å². The lowest BCUT2D eigenvalue weighted by Crippen LogP contribution is -2.52. The van der Waals surface area contributed by atoms with Crippen molar-refractivity contribution in [2.45, 2.75) is 83.6 Å². The number of carbonyl (C=O) groups is 3. The number of methoxy groups -OCH3 is 1. The minimum Gasteiger partial charge on any atom is -0.467 e. The second-order valence-electron chi connectivity index (χ2n) is 10.0. The van der Waals surface area contributed by atoms with Crippen molar-refractivity contribution in [3.05, 3.63) is 23.4 Å². The van der Waals surface area contributed by atoms with Crippen molar-refractivity contribution in [3.8, 4) is 0 Å². The number of aryl methyl sites for hydroxylation is 2. The Kier molecular flexibility index (Phi) is 9.74. The number of hydrogen-bond acceptors (Lipinski definition) is 6. The molecule has 0 saturated carbocycles. The number of hydrogen-bond donors (Lipinski definition) is 3. The van der Waals surface area contributed by atoms with E-state index in [0.29, 0.717) is 32.4 Å². The quantitative estimate of drug-likeness (QED) is 0.320. The Labute approximate surface area is 208 Å². The zero-order valence-corrected chi connectivity index (χ0v) is 21.1. The predicted molar refractivity (Wildman–Crippen MR) is 133 cm³/mol. The van der Waals surface area contributed by atoms with E-state index in [4.69, 9.17) is 14.8 Å². The van der Waals surface area contributed by atoms with Gasteiger partial charge in [0.1, 0.15) is 11.9 Å². The van der Waals surface area contributed by atoms with Gasteiger partial charge in [0.05, 0.1) is 7.11 Å². The molecule has 1 aromatic rings. The van der Waals surface area contributed by atoms with Gasteiger partial charge in [-0.05, 0) is 56.6 Å². The maximum atomic E-state index is 12.9. The number of nitrogens with zero attached hydrogens (tertiary/aromatic N) is 2. The molecular formula is C26H40N4O5. The molecule has 9 nitrogen and oxygen atoms in total. The highest BCUT2D eigenvalue weighted by Gasteiger charge is 2.39. The Morgan fingerprint density at radius 3 is 2.60 bits per heavy atom. The van der Waals surface area contributed by atoms with E-state index in [0.717, 1.165) is 63.0 Å². The van der Waals surface area contributed by atoms with Gasteiger partial charge in [-0.15, -0.1) is 0 Å². The molecule has 1 atom stereocenters. The van der Waals surface area contributed by atoms with Crippen LogP contribution in [0.25, 0.3) is 0 Å². The lowest BCUT2D eigenvalue weighted by Gasteiger charge is -2.37. The molecule has 3 rings (SSSR count). The van der Waals surface area contributed by atoms with E-state index in [-0.39, 0.29) is 5.91 Å². The molecule has 1 saturated heterocycles. The highest BCUT2D eigenvalue weighted by atomic mass is 16.5. The molecule has 1 aromatic heterocycles. The summed E-state index contributed by atoms with van der Waals surface area (Å²) >= 11 is 0. The van der Waals surface area contributed by atoms with Crippen LogP contribution in [0.4, 0.5) is 10.6 Å². The van der Waals surface area contributed by atoms with E-state index < -0.39 is 23.5 Å². The molecule has 9 heteroatoms. The topological polar surface area (TPSA) is 121 Å². The largest absolute Gasteiger partial charge is 0.467 e.